The molecular weight excluding hydrogens is 360 g/mol. The molecule has 1 aliphatic heterocycles. The minimum absolute atomic E-state index is 0.0880. The Morgan fingerprint density at radius 3 is 2.89 bits per heavy atom. The second-order valence-corrected chi connectivity index (χ2v) is 6.56. The highest BCUT2D eigenvalue weighted by atomic mass is 16.5. The van der Waals surface area contributed by atoms with Gasteiger partial charge in [-0.25, -0.2) is 19.5 Å². The smallest absolute Gasteiger partial charge is 0.252 e. The predicted molar refractivity (Wildman–Crippen MR) is 104 cm³/mol. The summed E-state index contributed by atoms with van der Waals surface area (Å²) in [7, 11) is 1.73. The number of morpholine rings is 1. The molecule has 0 aliphatic carbocycles. The highest BCUT2D eigenvalue weighted by molar-refractivity contribution is 5.88. The van der Waals surface area contributed by atoms with Crippen LogP contribution < -0.4 is 15.8 Å². The van der Waals surface area contributed by atoms with Crippen molar-refractivity contribution in [2.75, 3.05) is 36.5 Å². The van der Waals surface area contributed by atoms with Crippen molar-refractivity contribution in [3.8, 4) is 0 Å². The van der Waals surface area contributed by atoms with Crippen LogP contribution in [0.25, 0.3) is 16.7 Å². The lowest BCUT2D eigenvalue weighted by Crippen LogP contribution is -2.37. The lowest BCUT2D eigenvalue weighted by Gasteiger charge is -2.29. The maximum absolute atomic E-state index is 12.4. The molecule has 4 aromatic rings. The Bertz CT molecular complexity index is 1230. The normalized spacial score (nSPS) is 14.7. The molecule has 28 heavy (non-hydrogen) atoms. The topological polar surface area (TPSA) is 102 Å². The Hall–Kier alpha value is -3.53. The Balaban J connectivity index is 1.58. The summed E-state index contributed by atoms with van der Waals surface area (Å²) in [6.45, 7) is 2.70. The van der Waals surface area contributed by atoms with E-state index in [9.17, 15) is 4.79 Å². The van der Waals surface area contributed by atoms with Crippen LogP contribution in [-0.4, -0.2) is 55.4 Å². The molecule has 1 saturated heterocycles. The van der Waals surface area contributed by atoms with Crippen LogP contribution in [0, 0.1) is 0 Å². The van der Waals surface area contributed by atoms with Gasteiger partial charge in [0, 0.05) is 26.2 Å². The molecule has 5 rings (SSSR count). The molecule has 0 aromatic carbocycles. The second-order valence-electron chi connectivity index (χ2n) is 6.56. The molecule has 142 valence electrons. The molecule has 1 N–H and O–H groups in total. The van der Waals surface area contributed by atoms with Crippen molar-refractivity contribution in [2.24, 2.45) is 7.05 Å². The van der Waals surface area contributed by atoms with Crippen LogP contribution in [0.5, 0.6) is 0 Å². The van der Waals surface area contributed by atoms with Crippen LogP contribution >= 0.6 is 0 Å². The Labute approximate surface area is 159 Å². The highest BCUT2D eigenvalue weighted by Gasteiger charge is 2.18. The predicted octanol–water partition coefficient (Wildman–Crippen LogP) is 0.951. The van der Waals surface area contributed by atoms with E-state index in [2.05, 4.69) is 25.3 Å². The largest absolute Gasteiger partial charge is 0.378 e. The zero-order chi connectivity index (χ0) is 19.1. The van der Waals surface area contributed by atoms with E-state index in [4.69, 9.17) is 9.72 Å². The number of nitrogens with zero attached hydrogens (tertiary/aromatic N) is 7. The number of ether oxygens (including phenoxy) is 1. The van der Waals surface area contributed by atoms with Gasteiger partial charge in [-0.3, -0.25) is 4.79 Å². The van der Waals surface area contributed by atoms with Gasteiger partial charge < -0.3 is 19.5 Å². The summed E-state index contributed by atoms with van der Waals surface area (Å²) in [5, 5.41) is 7.34. The van der Waals surface area contributed by atoms with Crippen molar-refractivity contribution in [1.29, 1.82) is 0 Å². The molecule has 0 atom stereocenters. The quantitative estimate of drug-likeness (QED) is 0.562. The maximum Gasteiger partial charge on any atom is 0.252 e. The summed E-state index contributed by atoms with van der Waals surface area (Å²) in [6, 6.07) is 5.38. The first-order valence-corrected chi connectivity index (χ1v) is 8.95. The van der Waals surface area contributed by atoms with Crippen molar-refractivity contribution in [3.05, 3.63) is 47.3 Å². The van der Waals surface area contributed by atoms with Gasteiger partial charge in [-0.1, -0.05) is 0 Å². The van der Waals surface area contributed by atoms with Crippen LogP contribution in [0.1, 0.15) is 0 Å². The zero-order valence-electron chi connectivity index (χ0n) is 15.2. The van der Waals surface area contributed by atoms with Gasteiger partial charge in [0.05, 0.1) is 42.5 Å². The number of rotatable bonds is 3. The number of fused-ring (bicyclic) bond motifs is 2. The molecule has 0 saturated carbocycles. The fourth-order valence-corrected chi connectivity index (χ4v) is 3.34. The number of nitrogens with one attached hydrogen (secondary N) is 1. The molecule has 1 aliphatic rings. The summed E-state index contributed by atoms with van der Waals surface area (Å²) in [4.78, 5) is 27.7. The molecule has 0 bridgehead atoms. The lowest BCUT2D eigenvalue weighted by atomic mass is 10.2. The first-order chi connectivity index (χ1) is 13.7. The minimum atomic E-state index is -0.0880. The number of pyridine rings is 2. The van der Waals surface area contributed by atoms with Gasteiger partial charge in [-0.15, -0.1) is 0 Å². The third-order valence-electron chi connectivity index (χ3n) is 4.85. The summed E-state index contributed by atoms with van der Waals surface area (Å²) in [6.07, 6.45) is 4.99. The summed E-state index contributed by atoms with van der Waals surface area (Å²) < 4.78 is 8.67. The molecule has 0 spiro atoms. The molecule has 0 amide bonds. The average Bonchev–Trinajstić information content (AvgIpc) is 3.19. The van der Waals surface area contributed by atoms with E-state index < -0.39 is 0 Å². The van der Waals surface area contributed by atoms with Gasteiger partial charge in [0.2, 0.25) is 5.95 Å². The van der Waals surface area contributed by atoms with Gasteiger partial charge in [-0.05, 0) is 12.1 Å². The number of aryl methyl sites for hydroxylation is 1. The summed E-state index contributed by atoms with van der Waals surface area (Å²) in [5.74, 6) is 0.445. The van der Waals surface area contributed by atoms with Crippen molar-refractivity contribution in [2.45, 2.75) is 0 Å². The SMILES string of the molecule is Cn1c(=O)cc(N2CCOCC2)c2nc(Nc3ccc4ncnn4c3)ncc21. The summed E-state index contributed by atoms with van der Waals surface area (Å²) >= 11 is 0. The van der Waals surface area contributed by atoms with Crippen molar-refractivity contribution in [1.82, 2.24) is 29.1 Å². The number of hydrogen-bond donors (Lipinski definition) is 1. The van der Waals surface area contributed by atoms with Gasteiger partial charge >= 0.3 is 0 Å². The van der Waals surface area contributed by atoms with E-state index in [1.165, 1.54) is 6.33 Å². The van der Waals surface area contributed by atoms with Gasteiger partial charge in [0.1, 0.15) is 11.8 Å². The second kappa shape index (κ2) is 6.57. The van der Waals surface area contributed by atoms with E-state index >= 15 is 0 Å². The first kappa shape index (κ1) is 16.6. The molecule has 10 nitrogen and oxygen atoms in total. The fourth-order valence-electron chi connectivity index (χ4n) is 3.34. The molecule has 5 heterocycles. The maximum atomic E-state index is 12.4. The monoisotopic (exact) mass is 378 g/mol. The molecule has 10 heteroatoms. The van der Waals surface area contributed by atoms with E-state index in [0.717, 1.165) is 35.6 Å². The Morgan fingerprint density at radius 2 is 2.04 bits per heavy atom. The Morgan fingerprint density at radius 1 is 1.18 bits per heavy atom. The van der Waals surface area contributed by atoms with Crippen molar-refractivity contribution >= 4 is 34.0 Å². The molecule has 4 aromatic heterocycles. The number of aromatic nitrogens is 6. The number of anilines is 3. The third kappa shape index (κ3) is 2.83. The zero-order valence-corrected chi connectivity index (χ0v) is 15.2. The van der Waals surface area contributed by atoms with Crippen LogP contribution in [-0.2, 0) is 11.8 Å². The molecule has 0 unspecified atom stereocenters. The van der Waals surface area contributed by atoms with Crippen molar-refractivity contribution < 1.29 is 4.74 Å². The fraction of sp³-hybridized carbons (Fsp3) is 0.278. The van der Waals surface area contributed by atoms with Gasteiger partial charge in [0.25, 0.3) is 5.56 Å². The molecule has 1 fully saturated rings. The standard InChI is InChI=1S/C18H18N8O2/c1-24-14-9-19-18(22-12-2-3-15-20-11-21-26(15)10-12)23-17(14)13(8-16(24)27)25-4-6-28-7-5-25/h2-3,8-11H,4-7H2,1H3,(H,19,22,23). The number of hydrogen-bond acceptors (Lipinski definition) is 8. The minimum Gasteiger partial charge on any atom is -0.378 e. The highest BCUT2D eigenvalue weighted by Crippen LogP contribution is 2.25. The van der Waals surface area contributed by atoms with Crippen LogP contribution in [0.4, 0.5) is 17.3 Å². The third-order valence-corrected chi connectivity index (χ3v) is 4.85. The molecule has 0 radical (unpaired) electrons. The average molecular weight is 378 g/mol. The van der Waals surface area contributed by atoms with Gasteiger partial charge in [-0.2, -0.15) is 5.10 Å². The van der Waals surface area contributed by atoms with Crippen LogP contribution in [0.3, 0.4) is 0 Å². The summed E-state index contributed by atoms with van der Waals surface area (Å²) in [5.41, 5.74) is 3.67. The Kier molecular flexibility index (Phi) is 3.90. The lowest BCUT2D eigenvalue weighted by molar-refractivity contribution is 0.123. The van der Waals surface area contributed by atoms with E-state index in [0.29, 0.717) is 24.7 Å². The van der Waals surface area contributed by atoms with Crippen LogP contribution in [0.15, 0.2) is 41.7 Å². The van der Waals surface area contributed by atoms with E-state index in [1.807, 2.05) is 18.3 Å². The van der Waals surface area contributed by atoms with E-state index in [1.54, 1.807) is 28.4 Å². The first-order valence-electron chi connectivity index (χ1n) is 8.95. The van der Waals surface area contributed by atoms with Crippen molar-refractivity contribution in [3.63, 3.8) is 0 Å². The van der Waals surface area contributed by atoms with Crippen LogP contribution in [0.2, 0.25) is 0 Å². The van der Waals surface area contributed by atoms with E-state index in [-0.39, 0.29) is 5.56 Å². The van der Waals surface area contributed by atoms with Gasteiger partial charge in [0.15, 0.2) is 5.65 Å². The molecular formula is C18H18N8O2.